The maximum absolute atomic E-state index is 6.14. The molecule has 0 radical (unpaired) electrons. The van der Waals surface area contributed by atoms with Gasteiger partial charge >= 0.3 is 0 Å². The summed E-state index contributed by atoms with van der Waals surface area (Å²) in [4.78, 5) is 11.1. The number of ether oxygens (including phenoxy) is 1. The summed E-state index contributed by atoms with van der Waals surface area (Å²) in [5, 5.41) is 5.45. The molecule has 0 spiro atoms. The van der Waals surface area contributed by atoms with E-state index < -0.39 is 0 Å². The fourth-order valence-electron chi connectivity index (χ4n) is 3.79. The van der Waals surface area contributed by atoms with Crippen molar-refractivity contribution in [2.24, 2.45) is 16.6 Å². The quantitative estimate of drug-likeness (QED) is 0.239. The summed E-state index contributed by atoms with van der Waals surface area (Å²) in [7, 11) is 0. The Morgan fingerprint density at radius 2 is 2.07 bits per heavy atom. The summed E-state index contributed by atoms with van der Waals surface area (Å²) >= 11 is 1.83. The molecule has 160 valence electrons. The van der Waals surface area contributed by atoms with E-state index in [9.17, 15) is 0 Å². The van der Waals surface area contributed by atoms with Crippen molar-refractivity contribution < 1.29 is 4.74 Å². The number of thiophene rings is 1. The van der Waals surface area contributed by atoms with Gasteiger partial charge in [0.1, 0.15) is 0 Å². The number of halogens is 1. The molecule has 1 aromatic rings. The minimum atomic E-state index is 0. The lowest BCUT2D eigenvalue weighted by molar-refractivity contribution is 0.0376. The lowest BCUT2D eigenvalue weighted by Crippen LogP contribution is -2.40. The van der Waals surface area contributed by atoms with E-state index in [1.54, 1.807) is 0 Å². The van der Waals surface area contributed by atoms with E-state index in [0.29, 0.717) is 12.0 Å². The lowest BCUT2D eigenvalue weighted by atomic mass is 9.97. The molecule has 1 atom stereocenters. The largest absolute Gasteiger partial charge is 0.379 e. The highest BCUT2D eigenvalue weighted by Gasteiger charge is 2.25. The highest BCUT2D eigenvalue weighted by atomic mass is 127. The van der Waals surface area contributed by atoms with Gasteiger partial charge in [-0.05, 0) is 56.3 Å². The molecule has 8 heteroatoms. The topological polar surface area (TPSA) is 66.1 Å². The molecule has 2 saturated heterocycles. The molecule has 3 N–H and O–H groups in total. The van der Waals surface area contributed by atoms with Crippen LogP contribution in [0.2, 0.25) is 0 Å². The average molecular weight is 522 g/mol. The Morgan fingerprint density at radius 3 is 2.75 bits per heavy atom. The zero-order valence-electron chi connectivity index (χ0n) is 17.0. The van der Waals surface area contributed by atoms with Gasteiger partial charge in [-0.1, -0.05) is 13.0 Å². The number of rotatable bonds is 8. The smallest absolute Gasteiger partial charge is 0.188 e. The molecule has 2 fully saturated rings. The maximum atomic E-state index is 6.14. The van der Waals surface area contributed by atoms with E-state index in [-0.39, 0.29) is 24.0 Å². The van der Waals surface area contributed by atoms with Crippen LogP contribution in [-0.4, -0.2) is 74.8 Å². The van der Waals surface area contributed by atoms with Crippen LogP contribution in [0.25, 0.3) is 0 Å². The van der Waals surface area contributed by atoms with Crippen LogP contribution in [0.5, 0.6) is 0 Å². The first-order chi connectivity index (χ1) is 13.2. The van der Waals surface area contributed by atoms with Gasteiger partial charge in [0.2, 0.25) is 0 Å². The third-order valence-corrected chi connectivity index (χ3v) is 6.60. The normalized spacial score (nSPS) is 21.2. The van der Waals surface area contributed by atoms with Crippen LogP contribution in [0.1, 0.15) is 37.1 Å². The van der Waals surface area contributed by atoms with E-state index >= 15 is 0 Å². The second-order valence-corrected chi connectivity index (χ2v) is 8.69. The Labute approximate surface area is 190 Å². The fraction of sp³-hybridized carbons (Fsp3) is 0.750. The number of hydrogen-bond donors (Lipinski definition) is 2. The molecular formula is C20H36IN5OS. The summed E-state index contributed by atoms with van der Waals surface area (Å²) in [6.07, 6.45) is 3.64. The number of nitrogens with two attached hydrogens (primary N) is 1. The standard InChI is InChI=1S/C20H35N5OS.HI/c1-17-5-9-25(10-6-17)18(19-4-2-15-27-19)16-23-20(21)22-7-3-8-24-11-13-26-14-12-24;/h2,4,15,17-18H,3,5-14,16H2,1H3,(H3,21,22,23);1H. The minimum absolute atomic E-state index is 0. The molecule has 28 heavy (non-hydrogen) atoms. The number of nitrogens with zero attached hydrogens (tertiary/aromatic N) is 3. The predicted molar refractivity (Wildman–Crippen MR) is 129 cm³/mol. The first-order valence-corrected chi connectivity index (χ1v) is 11.2. The Balaban J connectivity index is 0.00000280. The molecule has 6 nitrogen and oxygen atoms in total. The molecule has 0 saturated carbocycles. The Bertz CT molecular complexity index is 557. The molecule has 0 bridgehead atoms. The van der Waals surface area contributed by atoms with E-state index in [4.69, 9.17) is 10.5 Å². The third kappa shape index (κ3) is 7.78. The van der Waals surface area contributed by atoms with Gasteiger partial charge in [0.25, 0.3) is 0 Å². The van der Waals surface area contributed by atoms with Crippen LogP contribution in [0.4, 0.5) is 0 Å². The zero-order valence-corrected chi connectivity index (χ0v) is 20.2. The van der Waals surface area contributed by atoms with Gasteiger partial charge in [0.05, 0.1) is 25.8 Å². The molecule has 0 aliphatic carbocycles. The molecule has 1 unspecified atom stereocenters. The first-order valence-electron chi connectivity index (χ1n) is 10.3. The number of guanidine groups is 1. The van der Waals surface area contributed by atoms with Crippen molar-refractivity contribution in [2.45, 2.75) is 32.2 Å². The zero-order chi connectivity index (χ0) is 18.9. The van der Waals surface area contributed by atoms with E-state index in [0.717, 1.165) is 71.4 Å². The van der Waals surface area contributed by atoms with Gasteiger partial charge in [0, 0.05) is 24.5 Å². The number of morpholine rings is 1. The molecule has 0 aromatic carbocycles. The number of piperidine rings is 1. The molecule has 1 aromatic heterocycles. The van der Waals surface area contributed by atoms with E-state index in [2.05, 4.69) is 44.5 Å². The van der Waals surface area contributed by atoms with Gasteiger partial charge in [-0.3, -0.25) is 14.8 Å². The van der Waals surface area contributed by atoms with Gasteiger partial charge in [0.15, 0.2) is 5.96 Å². The number of likely N-dealkylation sites (tertiary alicyclic amines) is 1. The molecule has 3 heterocycles. The van der Waals surface area contributed by atoms with E-state index in [1.165, 1.54) is 17.7 Å². The van der Waals surface area contributed by atoms with E-state index in [1.807, 2.05) is 11.3 Å². The van der Waals surface area contributed by atoms with Crippen LogP contribution in [0.3, 0.4) is 0 Å². The van der Waals surface area contributed by atoms with Gasteiger partial charge in [-0.2, -0.15) is 0 Å². The first kappa shape index (κ1) is 23.9. The van der Waals surface area contributed by atoms with Crippen LogP contribution >= 0.6 is 35.3 Å². The summed E-state index contributed by atoms with van der Waals surface area (Å²) < 4.78 is 5.39. The van der Waals surface area contributed by atoms with Gasteiger partial charge < -0.3 is 15.8 Å². The average Bonchev–Trinajstić information content (AvgIpc) is 3.22. The number of nitrogens with one attached hydrogen (secondary N) is 1. The second kappa shape index (κ2) is 13.0. The van der Waals surface area contributed by atoms with Crippen molar-refractivity contribution in [3.05, 3.63) is 22.4 Å². The van der Waals surface area contributed by atoms with Crippen molar-refractivity contribution in [3.8, 4) is 0 Å². The lowest BCUT2D eigenvalue weighted by Gasteiger charge is -2.35. The van der Waals surface area contributed by atoms with Gasteiger partial charge in [-0.25, -0.2) is 0 Å². The Morgan fingerprint density at radius 1 is 1.32 bits per heavy atom. The summed E-state index contributed by atoms with van der Waals surface area (Å²) in [6.45, 7) is 11.2. The molecule has 3 rings (SSSR count). The van der Waals surface area contributed by atoms with Crippen molar-refractivity contribution in [1.82, 2.24) is 15.1 Å². The van der Waals surface area contributed by atoms with Crippen LogP contribution in [0, 0.1) is 5.92 Å². The van der Waals surface area contributed by atoms with Gasteiger partial charge in [-0.15, -0.1) is 35.3 Å². The number of aliphatic imine (C=N–C) groups is 1. The summed E-state index contributed by atoms with van der Waals surface area (Å²) in [6, 6.07) is 4.72. The van der Waals surface area contributed by atoms with Crippen LogP contribution in [0.15, 0.2) is 22.5 Å². The summed E-state index contributed by atoms with van der Waals surface area (Å²) in [5.41, 5.74) is 6.14. The highest BCUT2D eigenvalue weighted by Crippen LogP contribution is 2.29. The Kier molecular flexibility index (Phi) is 11.1. The Hall–Kier alpha value is -0.420. The van der Waals surface area contributed by atoms with Crippen LogP contribution in [-0.2, 0) is 4.74 Å². The predicted octanol–water partition coefficient (Wildman–Crippen LogP) is 2.77. The second-order valence-electron chi connectivity index (χ2n) is 7.71. The summed E-state index contributed by atoms with van der Waals surface area (Å²) in [5.74, 6) is 1.41. The number of hydrogen-bond acceptors (Lipinski definition) is 5. The molecule has 2 aliphatic rings. The van der Waals surface area contributed by atoms with Crippen molar-refractivity contribution in [3.63, 3.8) is 0 Å². The highest BCUT2D eigenvalue weighted by molar-refractivity contribution is 14.0. The third-order valence-electron chi connectivity index (χ3n) is 5.63. The SMILES string of the molecule is CC1CCN(C(CN=C(N)NCCCN2CCOCC2)c2cccs2)CC1.I. The van der Waals surface area contributed by atoms with Crippen molar-refractivity contribution in [2.75, 3.05) is 59.0 Å². The fourth-order valence-corrected chi connectivity index (χ4v) is 4.64. The molecular weight excluding hydrogens is 485 g/mol. The monoisotopic (exact) mass is 521 g/mol. The molecule has 2 aliphatic heterocycles. The minimum Gasteiger partial charge on any atom is -0.379 e. The maximum Gasteiger partial charge on any atom is 0.188 e. The van der Waals surface area contributed by atoms with Crippen molar-refractivity contribution >= 4 is 41.3 Å². The van der Waals surface area contributed by atoms with Crippen molar-refractivity contribution in [1.29, 1.82) is 0 Å². The molecule has 0 amide bonds. The van der Waals surface area contributed by atoms with Crippen LogP contribution < -0.4 is 11.1 Å².